The van der Waals surface area contributed by atoms with Gasteiger partial charge in [0.15, 0.2) is 11.0 Å². The quantitative estimate of drug-likeness (QED) is 0.269. The number of ether oxygens (including phenoxy) is 1. The molecule has 1 aliphatic rings. The van der Waals surface area contributed by atoms with Gasteiger partial charge in [-0.2, -0.15) is 0 Å². The molecule has 1 amide bonds. The number of hydrogen-bond donors (Lipinski definition) is 5. The maximum atomic E-state index is 12.3. The highest BCUT2D eigenvalue weighted by atomic mass is 35.5. The number of H-pyrrole nitrogens is 1. The molecule has 0 aliphatic carbocycles. The van der Waals surface area contributed by atoms with Crippen LogP contribution in [-0.4, -0.2) is 69.9 Å². The van der Waals surface area contributed by atoms with Crippen molar-refractivity contribution in [2.75, 3.05) is 56.2 Å². The van der Waals surface area contributed by atoms with Gasteiger partial charge in [-0.05, 0) is 18.2 Å². The summed E-state index contributed by atoms with van der Waals surface area (Å²) >= 11 is 5.94. The average Bonchev–Trinajstić information content (AvgIpc) is 2.73. The third-order valence-corrected chi connectivity index (χ3v) is 5.27. The normalized spacial score (nSPS) is 14.5. The van der Waals surface area contributed by atoms with Gasteiger partial charge in [0, 0.05) is 26.2 Å². The van der Waals surface area contributed by atoms with Gasteiger partial charge in [0.25, 0.3) is 5.91 Å². The molecule has 0 bridgehead atoms. The van der Waals surface area contributed by atoms with Crippen molar-refractivity contribution in [3.63, 3.8) is 0 Å². The Morgan fingerprint density at radius 2 is 2.03 bits per heavy atom. The first kappa shape index (κ1) is 21.0. The van der Waals surface area contributed by atoms with Crippen LogP contribution in [-0.2, 0) is 4.74 Å². The molecule has 1 fully saturated rings. The molecule has 1 aromatic carbocycles. The zero-order valence-corrected chi connectivity index (χ0v) is 17.5. The van der Waals surface area contributed by atoms with E-state index in [9.17, 15) is 4.79 Å². The molecular weight excluding hydrogens is 422 g/mol. The van der Waals surface area contributed by atoms with E-state index in [1.54, 1.807) is 23.0 Å². The molecular formula is C19H24ClN9O2. The van der Waals surface area contributed by atoms with E-state index in [2.05, 4.69) is 30.6 Å². The van der Waals surface area contributed by atoms with Crippen LogP contribution in [0, 0.1) is 0 Å². The number of aromatic amines is 1. The van der Waals surface area contributed by atoms with Crippen LogP contribution in [0.3, 0.4) is 0 Å². The van der Waals surface area contributed by atoms with E-state index in [-0.39, 0.29) is 16.7 Å². The zero-order valence-electron chi connectivity index (χ0n) is 16.8. The molecule has 4 rings (SSSR count). The minimum atomic E-state index is -0.151. The summed E-state index contributed by atoms with van der Waals surface area (Å²) in [4.78, 5) is 22.5. The largest absolute Gasteiger partial charge is 0.397 e. The maximum Gasteiger partial charge on any atom is 0.270 e. The molecule has 164 valence electrons. The molecule has 0 radical (unpaired) electrons. The van der Waals surface area contributed by atoms with Gasteiger partial charge < -0.3 is 26.8 Å². The Labute approximate surface area is 183 Å². The lowest BCUT2D eigenvalue weighted by Gasteiger charge is -2.26. The summed E-state index contributed by atoms with van der Waals surface area (Å²) in [5.74, 6) is 0.206. The van der Waals surface area contributed by atoms with E-state index in [0.29, 0.717) is 29.4 Å². The minimum absolute atomic E-state index is 0.151. The van der Waals surface area contributed by atoms with E-state index in [1.165, 1.54) is 6.33 Å². The minimum Gasteiger partial charge on any atom is -0.397 e. The molecule has 11 nitrogen and oxygen atoms in total. The highest BCUT2D eigenvalue weighted by molar-refractivity contribution is 6.32. The smallest absolute Gasteiger partial charge is 0.270 e. The van der Waals surface area contributed by atoms with Crippen molar-refractivity contribution in [2.24, 2.45) is 0 Å². The summed E-state index contributed by atoms with van der Waals surface area (Å²) in [7, 11) is 0. The van der Waals surface area contributed by atoms with E-state index in [1.807, 2.05) is 6.07 Å². The summed E-state index contributed by atoms with van der Waals surface area (Å²) in [5, 5.41) is 9.16. The van der Waals surface area contributed by atoms with Crippen molar-refractivity contribution >= 4 is 40.4 Å². The van der Waals surface area contributed by atoms with Crippen LogP contribution >= 0.6 is 11.6 Å². The fourth-order valence-corrected chi connectivity index (χ4v) is 3.29. The number of nitrogens with zero attached hydrogens (tertiary/aromatic N) is 4. The molecule has 3 aromatic rings. The summed E-state index contributed by atoms with van der Waals surface area (Å²) in [6.07, 6.45) is 3.03. The Hall–Kier alpha value is -3.28. The lowest BCUT2D eigenvalue weighted by Crippen LogP contribution is -2.41. The van der Waals surface area contributed by atoms with Crippen molar-refractivity contribution in [2.45, 2.75) is 0 Å². The van der Waals surface area contributed by atoms with Crippen LogP contribution in [0.4, 0.5) is 22.9 Å². The van der Waals surface area contributed by atoms with Gasteiger partial charge in [0.1, 0.15) is 17.7 Å². The predicted molar refractivity (Wildman–Crippen MR) is 119 cm³/mol. The van der Waals surface area contributed by atoms with Crippen LogP contribution in [0.5, 0.6) is 0 Å². The molecule has 31 heavy (non-hydrogen) atoms. The Morgan fingerprint density at radius 3 is 2.81 bits per heavy atom. The molecule has 0 atom stereocenters. The van der Waals surface area contributed by atoms with Crippen LogP contribution in [0.1, 0.15) is 10.5 Å². The Kier molecular flexibility index (Phi) is 6.26. The van der Waals surface area contributed by atoms with Gasteiger partial charge in [-0.3, -0.25) is 19.5 Å². The highest BCUT2D eigenvalue weighted by Crippen LogP contribution is 2.29. The van der Waals surface area contributed by atoms with Gasteiger partial charge in [-0.15, -0.1) is 0 Å². The van der Waals surface area contributed by atoms with E-state index >= 15 is 0 Å². The second-order valence-corrected chi connectivity index (χ2v) is 7.42. The lowest BCUT2D eigenvalue weighted by molar-refractivity contribution is 0.0383. The third kappa shape index (κ3) is 4.90. The first-order chi connectivity index (χ1) is 15.0. The number of amides is 1. The number of nitrogen functional groups attached to an aromatic ring is 2. The lowest BCUT2D eigenvalue weighted by atomic mass is 10.2. The predicted octanol–water partition coefficient (Wildman–Crippen LogP) is 1.22. The van der Waals surface area contributed by atoms with E-state index in [4.69, 9.17) is 27.8 Å². The van der Waals surface area contributed by atoms with Crippen molar-refractivity contribution in [1.82, 2.24) is 30.0 Å². The monoisotopic (exact) mass is 445 g/mol. The summed E-state index contributed by atoms with van der Waals surface area (Å²) < 4.78 is 7.04. The molecule has 0 saturated carbocycles. The number of morpholine rings is 1. The van der Waals surface area contributed by atoms with Crippen LogP contribution in [0.25, 0.3) is 5.69 Å². The zero-order chi connectivity index (χ0) is 21.8. The Morgan fingerprint density at radius 1 is 1.26 bits per heavy atom. The number of hydrogen-bond acceptors (Lipinski definition) is 8. The number of halogens is 1. The molecule has 1 saturated heterocycles. The molecule has 0 spiro atoms. The standard InChI is InChI=1S/C19H24ClN9O2/c20-17-16(22)18(25-11-24-17)26-14-9-12(1-2-13(14)21)29-10-15(27-29)19(30)23-3-4-28-5-7-31-8-6-28/h1-2,9-11,27H,3-8,21-22H2,(H,23,30)(H,24,25,26). The molecule has 3 heterocycles. The molecule has 12 heteroatoms. The summed E-state index contributed by atoms with van der Waals surface area (Å²) in [6.45, 7) is 4.65. The molecule has 0 unspecified atom stereocenters. The van der Waals surface area contributed by atoms with Crippen molar-refractivity contribution in [3.05, 3.63) is 41.6 Å². The second kappa shape index (κ2) is 9.25. The van der Waals surface area contributed by atoms with Crippen molar-refractivity contribution in [3.8, 4) is 5.69 Å². The second-order valence-electron chi connectivity index (χ2n) is 7.06. The number of nitrogens with one attached hydrogen (secondary N) is 3. The number of nitrogens with two attached hydrogens (primary N) is 2. The first-order valence-corrected chi connectivity index (χ1v) is 10.2. The van der Waals surface area contributed by atoms with Crippen molar-refractivity contribution < 1.29 is 9.53 Å². The average molecular weight is 446 g/mol. The molecule has 7 N–H and O–H groups in total. The molecule has 2 aromatic heterocycles. The number of rotatable bonds is 7. The number of aromatic nitrogens is 4. The van der Waals surface area contributed by atoms with Crippen LogP contribution in [0.15, 0.2) is 30.7 Å². The maximum absolute atomic E-state index is 12.3. The summed E-state index contributed by atoms with van der Waals surface area (Å²) in [6, 6.07) is 5.38. The summed E-state index contributed by atoms with van der Waals surface area (Å²) in [5.41, 5.74) is 14.6. The van der Waals surface area contributed by atoms with Gasteiger partial charge in [-0.25, -0.2) is 9.97 Å². The first-order valence-electron chi connectivity index (χ1n) is 9.80. The van der Waals surface area contributed by atoms with E-state index in [0.717, 1.165) is 38.5 Å². The fourth-order valence-electron chi connectivity index (χ4n) is 3.15. The van der Waals surface area contributed by atoms with Gasteiger partial charge in [0.05, 0.1) is 36.5 Å². The highest BCUT2D eigenvalue weighted by Gasteiger charge is 2.15. The van der Waals surface area contributed by atoms with Gasteiger partial charge in [0.2, 0.25) is 0 Å². The van der Waals surface area contributed by atoms with Crippen LogP contribution < -0.4 is 22.1 Å². The topological polar surface area (TPSA) is 152 Å². The number of anilines is 4. The molecule has 1 aliphatic heterocycles. The van der Waals surface area contributed by atoms with Crippen LogP contribution in [0.2, 0.25) is 5.15 Å². The fraction of sp³-hybridized carbons (Fsp3) is 0.316. The number of carbonyl (C=O) groups is 1. The van der Waals surface area contributed by atoms with Crippen molar-refractivity contribution in [1.29, 1.82) is 0 Å². The Bertz CT molecular complexity index is 1050. The van der Waals surface area contributed by atoms with E-state index < -0.39 is 0 Å². The van der Waals surface area contributed by atoms with Gasteiger partial charge >= 0.3 is 0 Å². The van der Waals surface area contributed by atoms with Gasteiger partial charge in [-0.1, -0.05) is 11.6 Å². The third-order valence-electron chi connectivity index (χ3n) is 4.96. The SMILES string of the molecule is Nc1ccc(-n2cc(C(=O)NCCN3CCOCC3)[nH]2)cc1Nc1ncnc(Cl)c1N. The number of carbonyl (C=O) groups excluding carboxylic acids is 1. The number of benzene rings is 1. The Balaban J connectivity index is 1.37.